The van der Waals surface area contributed by atoms with Crippen LogP contribution in [0.2, 0.25) is 0 Å². The predicted octanol–water partition coefficient (Wildman–Crippen LogP) is 9.33. The maximum Gasteiger partial charge on any atom is 0.335 e. The zero-order valence-electron chi connectivity index (χ0n) is 20.0. The summed E-state index contributed by atoms with van der Waals surface area (Å²) in [6.07, 6.45) is 0. The van der Waals surface area contributed by atoms with Crippen molar-refractivity contribution in [2.75, 3.05) is 0 Å². The van der Waals surface area contributed by atoms with E-state index in [9.17, 15) is 9.90 Å². The first-order valence-corrected chi connectivity index (χ1v) is 12.4. The molecule has 1 N–H and O–H groups in total. The van der Waals surface area contributed by atoms with E-state index in [1.165, 1.54) is 10.8 Å². The van der Waals surface area contributed by atoms with Gasteiger partial charge in [-0.25, -0.2) is 4.79 Å². The van der Waals surface area contributed by atoms with Crippen LogP contribution in [0.5, 0.6) is 0 Å². The Morgan fingerprint density at radius 1 is 0.432 bits per heavy atom. The Kier molecular flexibility index (Phi) is 4.80. The van der Waals surface area contributed by atoms with Crippen molar-refractivity contribution in [1.29, 1.82) is 0 Å². The van der Waals surface area contributed by atoms with Gasteiger partial charge in [-0.2, -0.15) is 0 Å². The highest BCUT2D eigenvalue weighted by molar-refractivity contribution is 6.16. The minimum Gasteiger partial charge on any atom is -0.478 e. The molecule has 2 nitrogen and oxygen atoms in total. The van der Waals surface area contributed by atoms with Gasteiger partial charge in [-0.15, -0.1) is 0 Å². The van der Waals surface area contributed by atoms with Gasteiger partial charge in [0.15, 0.2) is 0 Å². The zero-order chi connectivity index (χ0) is 24.9. The third-order valence-electron chi connectivity index (χ3n) is 7.34. The molecule has 0 aliphatic rings. The summed E-state index contributed by atoms with van der Waals surface area (Å²) in [6, 6.07) is 43.5. The van der Waals surface area contributed by atoms with Crippen molar-refractivity contribution in [2.24, 2.45) is 0 Å². The van der Waals surface area contributed by atoms with Crippen molar-refractivity contribution in [3.8, 4) is 22.3 Å². The van der Waals surface area contributed by atoms with Crippen LogP contribution in [0, 0.1) is 0 Å². The summed E-state index contributed by atoms with van der Waals surface area (Å²) >= 11 is 0. The Labute approximate surface area is 214 Å². The monoisotopic (exact) mass is 474 g/mol. The van der Waals surface area contributed by atoms with E-state index in [1.807, 2.05) is 24.3 Å². The molecule has 0 saturated heterocycles. The Morgan fingerprint density at radius 2 is 0.811 bits per heavy atom. The van der Waals surface area contributed by atoms with Crippen LogP contribution in [0.3, 0.4) is 0 Å². The van der Waals surface area contributed by atoms with Crippen LogP contribution in [0.4, 0.5) is 0 Å². The molecule has 0 heterocycles. The summed E-state index contributed by atoms with van der Waals surface area (Å²) in [4.78, 5) is 12.3. The van der Waals surface area contributed by atoms with Gasteiger partial charge in [-0.3, -0.25) is 0 Å². The van der Waals surface area contributed by atoms with E-state index in [1.54, 1.807) is 12.1 Å². The quantitative estimate of drug-likeness (QED) is 0.259. The minimum absolute atomic E-state index is 0.280. The number of carbonyl (C=O) groups is 1. The summed E-state index contributed by atoms with van der Waals surface area (Å²) in [7, 11) is 0. The van der Waals surface area contributed by atoms with Crippen molar-refractivity contribution in [3.63, 3.8) is 0 Å². The molecular formula is C35H22O2. The molecule has 0 aromatic heterocycles. The van der Waals surface area contributed by atoms with Crippen LogP contribution < -0.4 is 0 Å². The van der Waals surface area contributed by atoms with Crippen molar-refractivity contribution < 1.29 is 9.90 Å². The minimum atomic E-state index is -0.932. The first-order valence-electron chi connectivity index (χ1n) is 12.4. The molecule has 0 aliphatic heterocycles. The lowest BCUT2D eigenvalue weighted by Crippen LogP contribution is -1.98. The number of benzene rings is 7. The number of rotatable bonds is 3. The molecule has 0 bridgehead atoms. The summed E-state index contributed by atoms with van der Waals surface area (Å²) in [5.74, 6) is -0.932. The van der Waals surface area contributed by atoms with Gasteiger partial charge < -0.3 is 5.11 Å². The second kappa shape index (κ2) is 8.32. The number of aromatic carboxylic acids is 1. The number of hydrogen-bond donors (Lipinski definition) is 1. The first-order chi connectivity index (χ1) is 18.2. The Bertz CT molecular complexity index is 1880. The summed E-state index contributed by atoms with van der Waals surface area (Å²) in [6.45, 7) is 0. The van der Waals surface area contributed by atoms with Gasteiger partial charge in [0.05, 0.1) is 5.56 Å². The molecule has 0 unspecified atom stereocenters. The normalized spacial score (nSPS) is 11.5. The van der Waals surface area contributed by atoms with Crippen molar-refractivity contribution in [1.82, 2.24) is 0 Å². The molecule has 0 spiro atoms. The standard InChI is InChI=1S/C35H22O2/c36-35(37)26-18-24(33-20-22-9-1-3-11-27(22)29-13-5-7-15-31(29)33)17-25(19-26)34-21-23-10-2-4-12-28(23)30-14-6-8-16-32(30)34/h1-21H,(H,36,37). The highest BCUT2D eigenvalue weighted by atomic mass is 16.4. The molecule has 0 amide bonds. The molecule has 0 atom stereocenters. The van der Waals surface area contributed by atoms with Gasteiger partial charge in [0.2, 0.25) is 0 Å². The molecule has 7 aromatic rings. The molecule has 0 radical (unpaired) electrons. The van der Waals surface area contributed by atoms with Gasteiger partial charge in [0.25, 0.3) is 0 Å². The van der Waals surface area contributed by atoms with Crippen LogP contribution in [0.25, 0.3) is 65.3 Å². The molecule has 0 aliphatic carbocycles. The number of carboxylic acids is 1. The summed E-state index contributed by atoms with van der Waals surface area (Å²) in [5.41, 5.74) is 4.14. The third kappa shape index (κ3) is 3.46. The van der Waals surface area contributed by atoms with E-state index in [2.05, 4.69) is 91.0 Å². The fourth-order valence-electron chi connectivity index (χ4n) is 5.65. The average molecular weight is 475 g/mol. The van der Waals surface area contributed by atoms with E-state index in [-0.39, 0.29) is 5.56 Å². The molecule has 37 heavy (non-hydrogen) atoms. The summed E-state index contributed by atoms with van der Waals surface area (Å²) < 4.78 is 0. The molecule has 7 rings (SSSR count). The second-order valence-electron chi connectivity index (χ2n) is 9.49. The fourth-order valence-corrected chi connectivity index (χ4v) is 5.65. The fraction of sp³-hybridized carbons (Fsp3) is 0. The molecule has 174 valence electrons. The molecule has 0 fully saturated rings. The third-order valence-corrected chi connectivity index (χ3v) is 7.34. The maximum absolute atomic E-state index is 12.3. The predicted molar refractivity (Wildman–Crippen MR) is 154 cm³/mol. The van der Waals surface area contributed by atoms with Crippen molar-refractivity contribution >= 4 is 49.1 Å². The lowest BCUT2D eigenvalue weighted by molar-refractivity contribution is 0.0697. The molecular weight excluding hydrogens is 452 g/mol. The Morgan fingerprint density at radius 3 is 1.24 bits per heavy atom. The van der Waals surface area contributed by atoms with Crippen LogP contribution in [0.1, 0.15) is 10.4 Å². The van der Waals surface area contributed by atoms with Crippen molar-refractivity contribution in [2.45, 2.75) is 0 Å². The van der Waals surface area contributed by atoms with E-state index in [0.29, 0.717) is 0 Å². The maximum atomic E-state index is 12.3. The van der Waals surface area contributed by atoms with Gasteiger partial charge in [-0.1, -0.05) is 97.1 Å². The van der Waals surface area contributed by atoms with Crippen LogP contribution in [0.15, 0.2) is 127 Å². The highest BCUT2D eigenvalue weighted by Gasteiger charge is 2.15. The lowest BCUT2D eigenvalue weighted by Gasteiger charge is -2.15. The van der Waals surface area contributed by atoms with Crippen LogP contribution >= 0.6 is 0 Å². The van der Waals surface area contributed by atoms with E-state index in [0.717, 1.165) is 54.6 Å². The van der Waals surface area contributed by atoms with Gasteiger partial charge in [0.1, 0.15) is 0 Å². The van der Waals surface area contributed by atoms with Gasteiger partial charge in [-0.05, 0) is 95.7 Å². The molecule has 0 saturated carbocycles. The van der Waals surface area contributed by atoms with Gasteiger partial charge >= 0.3 is 5.97 Å². The largest absolute Gasteiger partial charge is 0.478 e. The first kappa shape index (κ1) is 21.3. The second-order valence-corrected chi connectivity index (χ2v) is 9.49. The zero-order valence-corrected chi connectivity index (χ0v) is 20.0. The Hall–Kier alpha value is -4.95. The van der Waals surface area contributed by atoms with Crippen molar-refractivity contribution in [3.05, 3.63) is 133 Å². The van der Waals surface area contributed by atoms with Crippen LogP contribution in [-0.2, 0) is 0 Å². The smallest absolute Gasteiger partial charge is 0.335 e. The number of carboxylic acid groups (broad SMARTS) is 1. The van der Waals surface area contributed by atoms with Crippen LogP contribution in [-0.4, -0.2) is 11.1 Å². The van der Waals surface area contributed by atoms with E-state index < -0.39 is 5.97 Å². The average Bonchev–Trinajstić information content (AvgIpc) is 2.96. The highest BCUT2D eigenvalue weighted by Crippen LogP contribution is 2.40. The Balaban J connectivity index is 1.57. The molecule has 7 aromatic carbocycles. The number of fused-ring (bicyclic) bond motifs is 6. The topological polar surface area (TPSA) is 37.3 Å². The summed E-state index contributed by atoms with van der Waals surface area (Å²) in [5, 5.41) is 19.3. The lowest BCUT2D eigenvalue weighted by atomic mass is 9.88. The van der Waals surface area contributed by atoms with E-state index >= 15 is 0 Å². The van der Waals surface area contributed by atoms with E-state index in [4.69, 9.17) is 0 Å². The van der Waals surface area contributed by atoms with Gasteiger partial charge in [0, 0.05) is 0 Å². The number of hydrogen-bond acceptors (Lipinski definition) is 1. The SMILES string of the molecule is O=C(O)c1cc(-c2cc3ccccc3c3ccccc23)cc(-c2cc3ccccc3c3ccccc23)c1. The molecule has 2 heteroatoms.